The van der Waals surface area contributed by atoms with Gasteiger partial charge in [-0.25, -0.2) is 0 Å². The van der Waals surface area contributed by atoms with Gasteiger partial charge in [-0.1, -0.05) is 19.3 Å². The first-order valence-electron chi connectivity index (χ1n) is 6.00. The maximum Gasteiger partial charge on any atom is 0.0687 e. The molecule has 2 heterocycles. The molecular weight excluding hydrogens is 204 g/mol. The molecule has 1 atom stereocenters. The van der Waals surface area contributed by atoms with Crippen LogP contribution >= 0.6 is 11.3 Å². The third kappa shape index (κ3) is 1.85. The Kier molecular flexibility index (Phi) is 2.57. The van der Waals surface area contributed by atoms with Gasteiger partial charge >= 0.3 is 0 Å². The van der Waals surface area contributed by atoms with E-state index < -0.39 is 0 Å². The van der Waals surface area contributed by atoms with E-state index in [1.165, 1.54) is 43.5 Å². The number of hydrogen-bond donors (Lipinski definition) is 2. The molecule has 0 aromatic carbocycles. The fourth-order valence-electron chi connectivity index (χ4n) is 2.84. The number of fused-ring (bicyclic) bond motifs is 1. The molecule has 2 aliphatic rings. The maximum absolute atomic E-state index is 3.69. The molecule has 2 N–H and O–H groups in total. The van der Waals surface area contributed by atoms with E-state index in [2.05, 4.69) is 21.4 Å². The Morgan fingerprint density at radius 2 is 1.87 bits per heavy atom. The standard InChI is InChI=1S/C12H18N2S/c1-2-4-9(5-3-1)10-6-13-11-7-15-8-12(11)14-10/h7-10,13-14H,1-6H2. The molecule has 0 amide bonds. The number of anilines is 2. The lowest BCUT2D eigenvalue weighted by atomic mass is 9.83. The second-order valence-electron chi connectivity index (χ2n) is 4.73. The van der Waals surface area contributed by atoms with Crippen molar-refractivity contribution in [2.24, 2.45) is 5.92 Å². The van der Waals surface area contributed by atoms with E-state index in [-0.39, 0.29) is 0 Å². The van der Waals surface area contributed by atoms with Gasteiger partial charge in [0.1, 0.15) is 0 Å². The van der Waals surface area contributed by atoms with Crippen molar-refractivity contribution in [3.8, 4) is 0 Å². The highest BCUT2D eigenvalue weighted by atomic mass is 32.1. The zero-order chi connectivity index (χ0) is 10.1. The van der Waals surface area contributed by atoms with Gasteiger partial charge in [-0.3, -0.25) is 0 Å². The van der Waals surface area contributed by atoms with Gasteiger partial charge in [0, 0.05) is 23.3 Å². The molecule has 1 aliphatic carbocycles. The molecule has 2 nitrogen and oxygen atoms in total. The minimum absolute atomic E-state index is 0.660. The first kappa shape index (κ1) is 9.52. The highest BCUT2D eigenvalue weighted by molar-refractivity contribution is 7.09. The van der Waals surface area contributed by atoms with Crippen LogP contribution in [0.1, 0.15) is 32.1 Å². The first-order chi connectivity index (χ1) is 7.43. The predicted octanol–water partition coefficient (Wildman–Crippen LogP) is 3.53. The van der Waals surface area contributed by atoms with Crippen molar-refractivity contribution in [3.05, 3.63) is 10.8 Å². The molecule has 1 aromatic rings. The number of nitrogens with one attached hydrogen (secondary N) is 2. The largest absolute Gasteiger partial charge is 0.381 e. The van der Waals surface area contributed by atoms with Crippen molar-refractivity contribution in [2.45, 2.75) is 38.1 Å². The van der Waals surface area contributed by atoms with Crippen molar-refractivity contribution in [1.82, 2.24) is 0 Å². The zero-order valence-corrected chi connectivity index (χ0v) is 9.78. The fraction of sp³-hybridized carbons (Fsp3) is 0.667. The van der Waals surface area contributed by atoms with Crippen LogP contribution in [0.2, 0.25) is 0 Å². The van der Waals surface area contributed by atoms with Crippen molar-refractivity contribution in [3.63, 3.8) is 0 Å². The van der Waals surface area contributed by atoms with E-state index in [0.29, 0.717) is 6.04 Å². The average molecular weight is 222 g/mol. The van der Waals surface area contributed by atoms with Crippen molar-refractivity contribution in [1.29, 1.82) is 0 Å². The Morgan fingerprint density at radius 1 is 1.07 bits per heavy atom. The Bertz CT molecular complexity index is 328. The third-order valence-corrected chi connectivity index (χ3v) is 4.48. The van der Waals surface area contributed by atoms with Crippen LogP contribution in [0.4, 0.5) is 11.4 Å². The van der Waals surface area contributed by atoms with Crippen LogP contribution in [0.3, 0.4) is 0 Å². The number of hydrogen-bond acceptors (Lipinski definition) is 3. The van der Waals surface area contributed by atoms with Crippen LogP contribution in [0.5, 0.6) is 0 Å². The Balaban J connectivity index is 1.69. The quantitative estimate of drug-likeness (QED) is 0.759. The monoisotopic (exact) mass is 222 g/mol. The van der Waals surface area contributed by atoms with Crippen molar-refractivity contribution >= 4 is 22.7 Å². The number of thiophene rings is 1. The summed E-state index contributed by atoms with van der Waals surface area (Å²) >= 11 is 1.78. The first-order valence-corrected chi connectivity index (χ1v) is 6.94. The van der Waals surface area contributed by atoms with Gasteiger partial charge in [-0.15, -0.1) is 11.3 Å². The molecule has 1 saturated carbocycles. The Morgan fingerprint density at radius 3 is 2.73 bits per heavy atom. The fourth-order valence-corrected chi connectivity index (χ4v) is 3.58. The lowest BCUT2D eigenvalue weighted by Gasteiger charge is -2.34. The van der Waals surface area contributed by atoms with Gasteiger partial charge < -0.3 is 10.6 Å². The van der Waals surface area contributed by atoms with Crippen molar-refractivity contribution < 1.29 is 0 Å². The number of rotatable bonds is 1. The van der Waals surface area contributed by atoms with E-state index in [9.17, 15) is 0 Å². The molecule has 3 heteroatoms. The molecule has 0 radical (unpaired) electrons. The Labute approximate surface area is 95.1 Å². The molecule has 82 valence electrons. The molecule has 15 heavy (non-hydrogen) atoms. The van der Waals surface area contributed by atoms with Crippen molar-refractivity contribution in [2.75, 3.05) is 17.2 Å². The molecular formula is C12H18N2S. The molecule has 1 fully saturated rings. The molecule has 0 spiro atoms. The maximum atomic E-state index is 3.69. The van der Waals surface area contributed by atoms with Crippen LogP contribution < -0.4 is 10.6 Å². The third-order valence-electron chi connectivity index (χ3n) is 3.73. The van der Waals surface area contributed by atoms with Gasteiger partial charge in [0.15, 0.2) is 0 Å². The minimum atomic E-state index is 0.660. The van der Waals surface area contributed by atoms with E-state index in [1.54, 1.807) is 11.3 Å². The molecule has 0 saturated heterocycles. The summed E-state index contributed by atoms with van der Waals surface area (Å²) in [6.45, 7) is 1.11. The summed E-state index contributed by atoms with van der Waals surface area (Å²) in [7, 11) is 0. The van der Waals surface area contributed by atoms with Gasteiger partial charge in [0.2, 0.25) is 0 Å². The molecule has 1 aromatic heterocycles. The topological polar surface area (TPSA) is 24.1 Å². The summed E-state index contributed by atoms with van der Waals surface area (Å²) in [5.41, 5.74) is 2.62. The molecule has 1 aliphatic heterocycles. The summed E-state index contributed by atoms with van der Waals surface area (Å²) in [4.78, 5) is 0. The minimum Gasteiger partial charge on any atom is -0.381 e. The normalized spacial score (nSPS) is 26.5. The molecule has 0 bridgehead atoms. The SMILES string of the molecule is c1scc2c1NCC(C1CCCCC1)N2. The highest BCUT2D eigenvalue weighted by Crippen LogP contribution is 2.35. The second-order valence-corrected chi connectivity index (χ2v) is 5.47. The van der Waals surface area contributed by atoms with Crippen LogP contribution in [0, 0.1) is 5.92 Å². The van der Waals surface area contributed by atoms with E-state index in [0.717, 1.165) is 12.5 Å². The van der Waals surface area contributed by atoms with Gasteiger partial charge in [0.25, 0.3) is 0 Å². The Hall–Kier alpha value is -0.700. The van der Waals surface area contributed by atoms with E-state index in [4.69, 9.17) is 0 Å². The lowest BCUT2D eigenvalue weighted by Crippen LogP contribution is -2.39. The summed E-state index contributed by atoms with van der Waals surface area (Å²) in [5.74, 6) is 0.888. The summed E-state index contributed by atoms with van der Waals surface area (Å²) in [5, 5.41) is 11.6. The van der Waals surface area contributed by atoms with Gasteiger partial charge in [0.05, 0.1) is 11.4 Å². The average Bonchev–Trinajstić information content (AvgIpc) is 2.77. The molecule has 3 rings (SSSR count). The van der Waals surface area contributed by atoms with E-state index in [1.807, 2.05) is 0 Å². The van der Waals surface area contributed by atoms with Crippen LogP contribution in [-0.4, -0.2) is 12.6 Å². The summed E-state index contributed by atoms with van der Waals surface area (Å²) < 4.78 is 0. The van der Waals surface area contributed by atoms with Gasteiger partial charge in [-0.05, 0) is 18.8 Å². The summed E-state index contributed by atoms with van der Waals surface area (Å²) in [6.07, 6.45) is 7.14. The lowest BCUT2D eigenvalue weighted by molar-refractivity contribution is 0.322. The zero-order valence-electron chi connectivity index (χ0n) is 8.96. The van der Waals surface area contributed by atoms with Crippen LogP contribution in [-0.2, 0) is 0 Å². The van der Waals surface area contributed by atoms with Gasteiger partial charge in [-0.2, -0.15) is 0 Å². The molecule has 1 unspecified atom stereocenters. The summed E-state index contributed by atoms with van der Waals surface area (Å²) in [6, 6.07) is 0.660. The van der Waals surface area contributed by atoms with E-state index >= 15 is 0 Å². The second kappa shape index (κ2) is 4.05. The highest BCUT2D eigenvalue weighted by Gasteiger charge is 2.26. The smallest absolute Gasteiger partial charge is 0.0687 e. The van der Waals surface area contributed by atoms with Crippen LogP contribution in [0.25, 0.3) is 0 Å². The predicted molar refractivity (Wildman–Crippen MR) is 66.8 cm³/mol. The van der Waals surface area contributed by atoms with Crippen LogP contribution in [0.15, 0.2) is 10.8 Å².